The van der Waals surface area contributed by atoms with Crippen LogP contribution in [-0.2, 0) is 0 Å². The van der Waals surface area contributed by atoms with Gasteiger partial charge in [0.1, 0.15) is 0 Å². The lowest BCUT2D eigenvalue weighted by Gasteiger charge is -2.08. The van der Waals surface area contributed by atoms with Gasteiger partial charge in [-0.15, -0.1) is 0 Å². The molecule has 0 saturated carbocycles. The zero-order valence-electron chi connectivity index (χ0n) is 11.2. The first-order valence-corrected chi connectivity index (χ1v) is 6.89. The van der Waals surface area contributed by atoms with Gasteiger partial charge in [0.25, 0.3) is 0 Å². The van der Waals surface area contributed by atoms with Crippen LogP contribution in [0.4, 0.5) is 5.95 Å². The molecule has 0 saturated heterocycles. The fourth-order valence-electron chi connectivity index (χ4n) is 1.53. The Balaban J connectivity index is 2.41. The highest BCUT2D eigenvalue weighted by Gasteiger charge is 2.10. The molecule has 1 heterocycles. The molecule has 1 aromatic heterocycles. The first kappa shape index (κ1) is 14.8. The van der Waals surface area contributed by atoms with Crippen molar-refractivity contribution in [3.63, 3.8) is 0 Å². The highest BCUT2D eigenvalue weighted by Crippen LogP contribution is 2.27. The normalized spacial score (nSPS) is 10.4. The third kappa shape index (κ3) is 3.49. The minimum Gasteiger partial charge on any atom is -0.467 e. The quantitative estimate of drug-likeness (QED) is 0.912. The summed E-state index contributed by atoms with van der Waals surface area (Å²) in [6.45, 7) is 2.83. The molecule has 0 fully saturated rings. The number of halogens is 2. The minimum atomic E-state index is 0.250. The number of rotatable bonds is 5. The van der Waals surface area contributed by atoms with E-state index in [9.17, 15) is 0 Å². The molecule has 0 aliphatic heterocycles. The van der Waals surface area contributed by atoms with Crippen molar-refractivity contribution < 1.29 is 4.74 Å². The Hall–Kier alpha value is -1.59. The Morgan fingerprint density at radius 3 is 2.60 bits per heavy atom. The van der Waals surface area contributed by atoms with Crippen LogP contribution in [0, 0.1) is 0 Å². The van der Waals surface area contributed by atoms with E-state index in [1.165, 1.54) is 7.11 Å². The van der Waals surface area contributed by atoms with Crippen LogP contribution in [0.25, 0.3) is 11.4 Å². The first-order chi connectivity index (χ1) is 9.63. The van der Waals surface area contributed by atoms with Gasteiger partial charge in [-0.25, -0.2) is 0 Å². The summed E-state index contributed by atoms with van der Waals surface area (Å²) >= 11 is 11.9. The summed E-state index contributed by atoms with van der Waals surface area (Å²) in [5.74, 6) is 0.953. The number of nitrogens with zero attached hydrogens (tertiary/aromatic N) is 3. The summed E-state index contributed by atoms with van der Waals surface area (Å²) in [5, 5.41) is 4.04. The Morgan fingerprint density at radius 2 is 1.95 bits per heavy atom. The van der Waals surface area contributed by atoms with E-state index >= 15 is 0 Å². The van der Waals surface area contributed by atoms with E-state index in [2.05, 4.69) is 27.2 Å². The third-order valence-corrected chi connectivity index (χ3v) is 3.25. The second-order valence-electron chi connectivity index (χ2n) is 4.02. The van der Waals surface area contributed by atoms with Crippen LogP contribution in [0.5, 0.6) is 6.01 Å². The average Bonchev–Trinajstić information content (AvgIpc) is 2.47. The maximum atomic E-state index is 6.01. The molecule has 0 aliphatic carbocycles. The van der Waals surface area contributed by atoms with Crippen LogP contribution < -0.4 is 10.1 Å². The molecule has 1 N–H and O–H groups in total. The van der Waals surface area contributed by atoms with Gasteiger partial charge in [-0.1, -0.05) is 30.1 Å². The first-order valence-electron chi connectivity index (χ1n) is 6.13. The summed E-state index contributed by atoms with van der Waals surface area (Å²) in [6.07, 6.45) is 0.968. The second kappa shape index (κ2) is 6.72. The molecule has 20 heavy (non-hydrogen) atoms. The largest absolute Gasteiger partial charge is 0.467 e. The molecule has 5 nitrogen and oxygen atoms in total. The van der Waals surface area contributed by atoms with Crippen LogP contribution in [0.2, 0.25) is 10.0 Å². The molecule has 0 amide bonds. The Morgan fingerprint density at radius 1 is 1.15 bits per heavy atom. The molecule has 0 spiro atoms. The zero-order chi connectivity index (χ0) is 14.5. The van der Waals surface area contributed by atoms with Gasteiger partial charge in [0.15, 0.2) is 5.82 Å². The number of benzene rings is 1. The summed E-state index contributed by atoms with van der Waals surface area (Å²) in [7, 11) is 1.51. The highest BCUT2D eigenvalue weighted by molar-refractivity contribution is 6.42. The molecule has 0 aliphatic rings. The van der Waals surface area contributed by atoms with Gasteiger partial charge in [0.2, 0.25) is 5.95 Å². The molecule has 2 aromatic rings. The number of nitrogens with one attached hydrogen (secondary N) is 1. The van der Waals surface area contributed by atoms with Crippen LogP contribution in [0.3, 0.4) is 0 Å². The van der Waals surface area contributed by atoms with Crippen molar-refractivity contribution in [1.29, 1.82) is 0 Å². The van der Waals surface area contributed by atoms with E-state index in [4.69, 9.17) is 27.9 Å². The van der Waals surface area contributed by atoms with Crippen LogP contribution in [-0.4, -0.2) is 28.6 Å². The zero-order valence-corrected chi connectivity index (χ0v) is 12.7. The maximum absolute atomic E-state index is 6.01. The number of hydrogen-bond donors (Lipinski definition) is 1. The van der Waals surface area contributed by atoms with Crippen LogP contribution in [0.15, 0.2) is 18.2 Å². The van der Waals surface area contributed by atoms with E-state index in [-0.39, 0.29) is 6.01 Å². The van der Waals surface area contributed by atoms with Gasteiger partial charge < -0.3 is 10.1 Å². The van der Waals surface area contributed by atoms with Crippen LogP contribution in [0.1, 0.15) is 13.3 Å². The Labute approximate surface area is 127 Å². The minimum absolute atomic E-state index is 0.250. The average molecular weight is 313 g/mol. The molecule has 1 aromatic carbocycles. The predicted molar refractivity (Wildman–Crippen MR) is 80.6 cm³/mol. The lowest BCUT2D eigenvalue weighted by atomic mass is 10.2. The van der Waals surface area contributed by atoms with Crippen molar-refractivity contribution in [2.75, 3.05) is 19.0 Å². The monoisotopic (exact) mass is 312 g/mol. The summed E-state index contributed by atoms with van der Waals surface area (Å²) < 4.78 is 5.09. The maximum Gasteiger partial charge on any atom is 0.321 e. The number of hydrogen-bond acceptors (Lipinski definition) is 5. The van der Waals surface area contributed by atoms with E-state index in [0.29, 0.717) is 21.8 Å². The number of methoxy groups -OCH3 is 1. The van der Waals surface area contributed by atoms with Gasteiger partial charge in [0, 0.05) is 12.1 Å². The van der Waals surface area contributed by atoms with E-state index in [1.807, 2.05) is 0 Å². The molecule has 0 radical (unpaired) electrons. The van der Waals surface area contributed by atoms with Crippen molar-refractivity contribution in [3.8, 4) is 17.4 Å². The highest BCUT2D eigenvalue weighted by atomic mass is 35.5. The third-order valence-electron chi connectivity index (χ3n) is 2.51. The lowest BCUT2D eigenvalue weighted by Crippen LogP contribution is -2.07. The molecule has 106 valence electrons. The summed E-state index contributed by atoms with van der Waals surface area (Å²) in [6, 6.07) is 5.46. The van der Waals surface area contributed by atoms with E-state index in [1.54, 1.807) is 18.2 Å². The lowest BCUT2D eigenvalue weighted by molar-refractivity contribution is 0.379. The summed E-state index contributed by atoms with van der Waals surface area (Å²) in [4.78, 5) is 12.7. The van der Waals surface area contributed by atoms with Gasteiger partial charge in [-0.3, -0.25) is 0 Å². The number of ether oxygens (including phenoxy) is 1. The van der Waals surface area contributed by atoms with Crippen molar-refractivity contribution in [2.24, 2.45) is 0 Å². The molecule has 2 rings (SSSR count). The molecule has 7 heteroatoms. The Kier molecular flexibility index (Phi) is 4.98. The molecular formula is C13H14Cl2N4O. The SMILES string of the molecule is CCCNc1nc(OC)nc(-c2ccc(Cl)c(Cl)c2)n1. The van der Waals surface area contributed by atoms with E-state index in [0.717, 1.165) is 18.5 Å². The van der Waals surface area contributed by atoms with Crippen molar-refractivity contribution >= 4 is 29.2 Å². The standard InChI is InChI=1S/C13H14Cl2N4O/c1-3-6-16-12-17-11(18-13(19-12)20-2)8-4-5-9(14)10(15)7-8/h4-5,7H,3,6H2,1-2H3,(H,16,17,18,19). The fourth-order valence-corrected chi connectivity index (χ4v) is 1.83. The fraction of sp³-hybridized carbons (Fsp3) is 0.308. The van der Waals surface area contributed by atoms with Crippen molar-refractivity contribution in [1.82, 2.24) is 15.0 Å². The molecular weight excluding hydrogens is 299 g/mol. The smallest absolute Gasteiger partial charge is 0.321 e. The molecule has 0 atom stereocenters. The topological polar surface area (TPSA) is 59.9 Å². The molecule has 0 unspecified atom stereocenters. The Bertz CT molecular complexity index is 607. The summed E-state index contributed by atoms with van der Waals surface area (Å²) in [5.41, 5.74) is 0.750. The van der Waals surface area contributed by atoms with E-state index < -0.39 is 0 Å². The van der Waals surface area contributed by atoms with Crippen molar-refractivity contribution in [2.45, 2.75) is 13.3 Å². The second-order valence-corrected chi connectivity index (χ2v) is 4.84. The number of aromatic nitrogens is 3. The molecule has 0 bridgehead atoms. The van der Waals surface area contributed by atoms with Gasteiger partial charge in [-0.05, 0) is 24.6 Å². The van der Waals surface area contributed by atoms with Gasteiger partial charge in [-0.2, -0.15) is 15.0 Å². The predicted octanol–water partition coefficient (Wildman–Crippen LogP) is 3.68. The van der Waals surface area contributed by atoms with Gasteiger partial charge in [0.05, 0.1) is 17.2 Å². The van der Waals surface area contributed by atoms with Gasteiger partial charge >= 0.3 is 6.01 Å². The van der Waals surface area contributed by atoms with Crippen molar-refractivity contribution in [3.05, 3.63) is 28.2 Å². The number of anilines is 1. The van der Waals surface area contributed by atoms with Crippen LogP contribution >= 0.6 is 23.2 Å².